The molecule has 0 saturated carbocycles. The van der Waals surface area contributed by atoms with Gasteiger partial charge in [0, 0.05) is 0 Å². The molecule has 0 aromatic rings. The molecule has 0 N–H and O–H groups in total. The maximum atomic E-state index is 11.6. The number of rotatable bonds is 2. The Morgan fingerprint density at radius 2 is 1.91 bits per heavy atom. The maximum absolute atomic E-state index is 11.6. The van der Waals surface area contributed by atoms with E-state index in [-0.39, 0.29) is 0 Å². The van der Waals surface area contributed by atoms with E-state index in [4.69, 9.17) is 0 Å². The number of halogens is 3. The van der Waals surface area contributed by atoms with Crippen LogP contribution in [0.15, 0.2) is 24.9 Å². The molecule has 0 bridgehead atoms. The van der Waals surface area contributed by atoms with Crippen molar-refractivity contribution in [2.24, 2.45) is 0 Å². The van der Waals surface area contributed by atoms with Gasteiger partial charge in [0.15, 0.2) is 6.33 Å². The Hall–Kier alpha value is -1.46. The molecular formula is C5H3F3O3. The van der Waals surface area contributed by atoms with Gasteiger partial charge >= 0.3 is 12.2 Å². The molecule has 0 atom stereocenters. The minimum atomic E-state index is -1.82. The molecule has 0 aliphatic heterocycles. The van der Waals surface area contributed by atoms with Crippen molar-refractivity contribution in [2.75, 3.05) is 0 Å². The molecule has 6 heteroatoms. The summed E-state index contributed by atoms with van der Waals surface area (Å²) in [5, 5.41) is 0. The highest BCUT2D eigenvalue weighted by molar-refractivity contribution is 5.62. The lowest BCUT2D eigenvalue weighted by atomic mass is 11.0. The lowest BCUT2D eigenvalue weighted by molar-refractivity contribution is 0.0668. The van der Waals surface area contributed by atoms with Gasteiger partial charge < -0.3 is 9.47 Å². The monoisotopic (exact) mass is 168 g/mol. The van der Waals surface area contributed by atoms with E-state index in [2.05, 4.69) is 16.1 Å². The fraction of sp³-hybridized carbons (Fsp3) is 0. The second-order valence-corrected chi connectivity index (χ2v) is 1.22. The van der Waals surface area contributed by atoms with Gasteiger partial charge in [-0.05, 0) is 6.58 Å². The Balaban J connectivity index is 3.79. The molecular weight excluding hydrogens is 165 g/mol. The summed E-state index contributed by atoms with van der Waals surface area (Å²) in [6.07, 6.45) is -2.36. The minimum absolute atomic E-state index is 0.623. The predicted octanol–water partition coefficient (Wildman–Crippen LogP) is 2.32. The molecule has 0 amide bonds. The van der Waals surface area contributed by atoms with Crippen molar-refractivity contribution in [1.82, 2.24) is 0 Å². The third-order valence-corrected chi connectivity index (χ3v) is 0.461. The van der Waals surface area contributed by atoms with Crippen molar-refractivity contribution in [3.63, 3.8) is 0 Å². The molecule has 3 nitrogen and oxygen atoms in total. The van der Waals surface area contributed by atoms with Gasteiger partial charge in [-0.3, -0.25) is 0 Å². The zero-order chi connectivity index (χ0) is 8.85. The third kappa shape index (κ3) is 5.01. The van der Waals surface area contributed by atoms with E-state index in [1.165, 1.54) is 0 Å². The molecule has 0 radical (unpaired) electrons. The van der Waals surface area contributed by atoms with Gasteiger partial charge in [0.1, 0.15) is 0 Å². The van der Waals surface area contributed by atoms with E-state index < -0.39 is 24.5 Å². The number of hydrogen-bond acceptors (Lipinski definition) is 3. The molecule has 0 rings (SSSR count). The summed E-state index contributed by atoms with van der Waals surface area (Å²) in [6, 6.07) is -3.29. The average molecular weight is 168 g/mol. The van der Waals surface area contributed by atoms with Crippen LogP contribution in [0.5, 0.6) is 0 Å². The molecule has 0 saturated heterocycles. The van der Waals surface area contributed by atoms with Crippen molar-refractivity contribution < 1.29 is 27.4 Å². The highest BCUT2D eigenvalue weighted by atomic mass is 19.2. The van der Waals surface area contributed by atoms with Crippen molar-refractivity contribution in [2.45, 2.75) is 0 Å². The van der Waals surface area contributed by atoms with Gasteiger partial charge in [-0.1, -0.05) is 0 Å². The Morgan fingerprint density at radius 3 is 2.27 bits per heavy atom. The summed E-state index contributed by atoms with van der Waals surface area (Å²) >= 11 is 0. The van der Waals surface area contributed by atoms with E-state index >= 15 is 0 Å². The first-order valence-electron chi connectivity index (χ1n) is 2.26. The van der Waals surface area contributed by atoms with Crippen LogP contribution >= 0.6 is 0 Å². The maximum Gasteiger partial charge on any atom is 0.523 e. The molecule has 0 fully saturated rings. The molecule has 0 aromatic heterocycles. The Labute approximate surface area is 59.7 Å². The Bertz CT molecular complexity index is 199. The summed E-state index contributed by atoms with van der Waals surface area (Å²) in [4.78, 5) is 10.0. The molecule has 0 aliphatic rings. The van der Waals surface area contributed by atoms with Gasteiger partial charge in [-0.15, -0.1) is 0 Å². The van der Waals surface area contributed by atoms with Crippen LogP contribution in [0, 0.1) is 0 Å². The number of ether oxygens (including phenoxy) is 2. The molecule has 0 spiro atoms. The SMILES string of the molecule is C=C(F)OC(=O)OC(F)=CF. The van der Waals surface area contributed by atoms with E-state index in [0.29, 0.717) is 0 Å². The summed E-state index contributed by atoms with van der Waals surface area (Å²) in [7, 11) is 0. The van der Waals surface area contributed by atoms with Crippen LogP contribution in [0.3, 0.4) is 0 Å². The molecule has 0 heterocycles. The van der Waals surface area contributed by atoms with Crippen LogP contribution in [-0.2, 0) is 9.47 Å². The van der Waals surface area contributed by atoms with E-state index in [9.17, 15) is 18.0 Å². The normalized spacial score (nSPS) is 10.6. The van der Waals surface area contributed by atoms with Gasteiger partial charge in [0.25, 0.3) is 6.01 Å². The second kappa shape index (κ2) is 4.37. The summed E-state index contributed by atoms with van der Waals surface area (Å²) in [6.45, 7) is 2.50. The fourth-order valence-corrected chi connectivity index (χ4v) is 0.213. The van der Waals surface area contributed by atoms with Crippen LogP contribution in [0.1, 0.15) is 0 Å². The first-order valence-corrected chi connectivity index (χ1v) is 2.26. The molecule has 0 aromatic carbocycles. The van der Waals surface area contributed by atoms with Gasteiger partial charge in [0.05, 0.1) is 0 Å². The van der Waals surface area contributed by atoms with Crippen LogP contribution < -0.4 is 0 Å². The van der Waals surface area contributed by atoms with Crippen molar-refractivity contribution in [3.05, 3.63) is 24.9 Å². The number of hydrogen-bond donors (Lipinski definition) is 0. The summed E-state index contributed by atoms with van der Waals surface area (Å²) < 4.78 is 41.1. The predicted molar refractivity (Wildman–Crippen MR) is 28.1 cm³/mol. The third-order valence-electron chi connectivity index (χ3n) is 0.461. The topological polar surface area (TPSA) is 35.5 Å². The van der Waals surface area contributed by atoms with E-state index in [0.717, 1.165) is 0 Å². The standard InChI is InChI=1S/C5H3F3O3/c1-3(7)10-5(9)11-4(8)2-6/h2H,1H2. The Kier molecular flexibility index (Phi) is 3.79. The van der Waals surface area contributed by atoms with Gasteiger partial charge in [0.2, 0.25) is 0 Å². The van der Waals surface area contributed by atoms with Crippen LogP contribution in [0.25, 0.3) is 0 Å². The zero-order valence-electron chi connectivity index (χ0n) is 5.14. The lowest BCUT2D eigenvalue weighted by Gasteiger charge is -1.97. The fourth-order valence-electron chi connectivity index (χ4n) is 0.213. The lowest BCUT2D eigenvalue weighted by Crippen LogP contribution is -2.02. The Morgan fingerprint density at radius 1 is 1.36 bits per heavy atom. The van der Waals surface area contributed by atoms with Crippen LogP contribution in [-0.4, -0.2) is 6.16 Å². The van der Waals surface area contributed by atoms with Crippen LogP contribution in [0.2, 0.25) is 0 Å². The first-order chi connectivity index (χ1) is 5.06. The van der Waals surface area contributed by atoms with E-state index in [1.807, 2.05) is 0 Å². The summed E-state index contributed by atoms with van der Waals surface area (Å²) in [5.41, 5.74) is 0. The number of carbonyl (C=O) groups excluding carboxylic acids is 1. The van der Waals surface area contributed by atoms with Crippen molar-refractivity contribution >= 4 is 6.16 Å². The van der Waals surface area contributed by atoms with Crippen molar-refractivity contribution in [3.8, 4) is 0 Å². The number of carbonyl (C=O) groups is 1. The van der Waals surface area contributed by atoms with Crippen molar-refractivity contribution in [1.29, 1.82) is 0 Å². The van der Waals surface area contributed by atoms with Gasteiger partial charge in [-0.2, -0.15) is 8.78 Å². The molecule has 11 heavy (non-hydrogen) atoms. The van der Waals surface area contributed by atoms with Gasteiger partial charge in [-0.25, -0.2) is 9.18 Å². The molecule has 0 aliphatic carbocycles. The minimum Gasteiger partial charge on any atom is -0.367 e. The average Bonchev–Trinajstić information content (AvgIpc) is 1.85. The zero-order valence-corrected chi connectivity index (χ0v) is 5.14. The quantitative estimate of drug-likeness (QED) is 0.468. The highest BCUT2D eigenvalue weighted by Crippen LogP contribution is 2.04. The first kappa shape index (κ1) is 9.54. The van der Waals surface area contributed by atoms with E-state index in [1.54, 1.807) is 0 Å². The summed E-state index contributed by atoms with van der Waals surface area (Å²) in [5.74, 6) is 0. The highest BCUT2D eigenvalue weighted by Gasteiger charge is 2.09. The molecule has 0 unspecified atom stereocenters. The second-order valence-electron chi connectivity index (χ2n) is 1.22. The van der Waals surface area contributed by atoms with Crippen LogP contribution in [0.4, 0.5) is 18.0 Å². The molecule has 62 valence electrons. The smallest absolute Gasteiger partial charge is 0.367 e. The largest absolute Gasteiger partial charge is 0.523 e.